The fourth-order valence-corrected chi connectivity index (χ4v) is 6.20. The van der Waals surface area contributed by atoms with Gasteiger partial charge in [0.2, 0.25) is 0 Å². The van der Waals surface area contributed by atoms with E-state index in [-0.39, 0.29) is 17.8 Å². The summed E-state index contributed by atoms with van der Waals surface area (Å²) in [5, 5.41) is 11.9. The average molecular weight is 510 g/mol. The molecular formula is C30H40FN3O3. The maximum atomic E-state index is 13.6. The molecule has 200 valence electrons. The molecule has 1 saturated carbocycles. The van der Waals surface area contributed by atoms with Crippen molar-refractivity contribution in [3.8, 4) is 0 Å². The van der Waals surface area contributed by atoms with E-state index in [4.69, 9.17) is 0 Å². The Labute approximate surface area is 219 Å². The third-order valence-electron chi connectivity index (χ3n) is 8.04. The van der Waals surface area contributed by atoms with E-state index in [0.717, 1.165) is 25.2 Å². The minimum Gasteiger partial charge on any atom is -0.465 e. The quantitative estimate of drug-likeness (QED) is 0.517. The van der Waals surface area contributed by atoms with Crippen molar-refractivity contribution in [3.63, 3.8) is 0 Å². The van der Waals surface area contributed by atoms with Crippen LogP contribution in [0.4, 0.5) is 9.18 Å². The van der Waals surface area contributed by atoms with E-state index < -0.39 is 6.09 Å². The summed E-state index contributed by atoms with van der Waals surface area (Å²) < 4.78 is 13.6. The van der Waals surface area contributed by atoms with Gasteiger partial charge in [-0.1, -0.05) is 62.4 Å². The number of nitrogens with zero attached hydrogens (tertiary/aromatic N) is 2. The molecule has 0 radical (unpaired) electrons. The number of hydrogen-bond donors (Lipinski definition) is 2. The third kappa shape index (κ3) is 7.10. The SMILES string of the molecule is C1CCCC1.Cc1cc(F)cc(C)c1C(=O)N1CC2CN(CCC(NC(=O)O)c3ccccc3)C[C@H]2C1. The van der Waals surface area contributed by atoms with Crippen molar-refractivity contribution < 1.29 is 19.1 Å². The van der Waals surface area contributed by atoms with Crippen LogP contribution in [-0.4, -0.2) is 59.6 Å². The molecule has 0 bridgehead atoms. The molecule has 2 aromatic rings. The predicted molar refractivity (Wildman–Crippen MR) is 143 cm³/mol. The zero-order valence-electron chi connectivity index (χ0n) is 22.1. The summed E-state index contributed by atoms with van der Waals surface area (Å²) in [5.41, 5.74) is 2.96. The molecule has 5 rings (SSSR count). The molecule has 0 aromatic heterocycles. The summed E-state index contributed by atoms with van der Waals surface area (Å²) in [6, 6.07) is 12.3. The molecule has 0 spiro atoms. The first-order valence-electron chi connectivity index (χ1n) is 13.6. The molecule has 2 unspecified atom stereocenters. The first-order chi connectivity index (χ1) is 17.8. The lowest BCUT2D eigenvalue weighted by Crippen LogP contribution is -2.35. The summed E-state index contributed by atoms with van der Waals surface area (Å²) in [6.07, 6.45) is 7.18. The van der Waals surface area contributed by atoms with Gasteiger partial charge in [-0.25, -0.2) is 9.18 Å². The molecule has 2 N–H and O–H groups in total. The van der Waals surface area contributed by atoms with Crippen LogP contribution in [0, 0.1) is 31.5 Å². The first kappa shape index (κ1) is 27.1. The van der Waals surface area contributed by atoms with Gasteiger partial charge in [-0.3, -0.25) is 4.79 Å². The summed E-state index contributed by atoms with van der Waals surface area (Å²) in [6.45, 7) is 7.62. The Bertz CT molecular complexity index is 1030. The summed E-state index contributed by atoms with van der Waals surface area (Å²) in [5.74, 6) is 0.526. The summed E-state index contributed by atoms with van der Waals surface area (Å²) >= 11 is 0. The molecule has 7 heteroatoms. The van der Waals surface area contributed by atoms with E-state index in [2.05, 4.69) is 10.2 Å². The van der Waals surface area contributed by atoms with Gasteiger partial charge in [0, 0.05) is 38.3 Å². The van der Waals surface area contributed by atoms with Crippen molar-refractivity contribution in [1.82, 2.24) is 15.1 Å². The van der Waals surface area contributed by atoms with E-state index in [0.29, 0.717) is 48.0 Å². The van der Waals surface area contributed by atoms with Gasteiger partial charge >= 0.3 is 6.09 Å². The predicted octanol–water partition coefficient (Wildman–Crippen LogP) is 5.80. The number of rotatable bonds is 6. The van der Waals surface area contributed by atoms with Crippen molar-refractivity contribution in [2.45, 2.75) is 58.4 Å². The van der Waals surface area contributed by atoms with Crippen molar-refractivity contribution in [2.75, 3.05) is 32.7 Å². The Hall–Kier alpha value is -2.93. The van der Waals surface area contributed by atoms with Crippen LogP contribution in [0.2, 0.25) is 0 Å². The number of fused-ring (bicyclic) bond motifs is 1. The maximum absolute atomic E-state index is 13.6. The number of nitrogens with one attached hydrogen (secondary N) is 1. The number of likely N-dealkylation sites (tertiary alicyclic amines) is 2. The molecule has 2 aromatic carbocycles. The fourth-order valence-electron chi connectivity index (χ4n) is 6.20. The van der Waals surface area contributed by atoms with Gasteiger partial charge in [0.15, 0.2) is 0 Å². The van der Waals surface area contributed by atoms with Crippen molar-refractivity contribution in [2.24, 2.45) is 11.8 Å². The minimum absolute atomic E-state index is 0.00394. The molecule has 2 heterocycles. The highest BCUT2D eigenvalue weighted by molar-refractivity contribution is 5.97. The highest BCUT2D eigenvalue weighted by Gasteiger charge is 2.42. The second kappa shape index (κ2) is 12.5. The van der Waals surface area contributed by atoms with E-state index in [1.165, 1.54) is 44.2 Å². The number of hydrogen-bond acceptors (Lipinski definition) is 3. The standard InChI is InChI=1S/C25H30FN3O3.C5H10/c1-16-10-21(26)11-17(2)23(16)24(30)29-14-19-12-28(13-20(19)15-29)9-8-22(27-25(31)32)18-6-4-3-5-7-18;1-2-4-5-3-1/h3-7,10-11,19-20,22,27H,8-9,12-15H2,1-2H3,(H,31,32);1-5H2/t19-,20?,22?;/m0./s1. The van der Waals surface area contributed by atoms with Gasteiger partial charge in [0.1, 0.15) is 5.82 Å². The van der Waals surface area contributed by atoms with Crippen molar-refractivity contribution >= 4 is 12.0 Å². The maximum Gasteiger partial charge on any atom is 0.405 e. The molecular weight excluding hydrogens is 469 g/mol. The molecule has 2 saturated heterocycles. The van der Waals surface area contributed by atoms with E-state index >= 15 is 0 Å². The van der Waals surface area contributed by atoms with E-state index in [1.807, 2.05) is 35.2 Å². The number of benzene rings is 2. The van der Waals surface area contributed by atoms with Gasteiger partial charge in [-0.2, -0.15) is 0 Å². The Morgan fingerprint density at radius 1 is 0.946 bits per heavy atom. The second-order valence-corrected chi connectivity index (χ2v) is 10.9. The van der Waals surface area contributed by atoms with E-state index in [1.54, 1.807) is 13.8 Å². The van der Waals surface area contributed by atoms with Crippen LogP contribution in [0.5, 0.6) is 0 Å². The molecule has 2 amide bonds. The topological polar surface area (TPSA) is 72.9 Å². The van der Waals surface area contributed by atoms with Crippen LogP contribution >= 0.6 is 0 Å². The highest BCUT2D eigenvalue weighted by atomic mass is 19.1. The van der Waals surface area contributed by atoms with Crippen LogP contribution < -0.4 is 5.32 Å². The van der Waals surface area contributed by atoms with Gasteiger partial charge < -0.3 is 20.2 Å². The minimum atomic E-state index is -1.02. The lowest BCUT2D eigenvalue weighted by molar-refractivity contribution is 0.0772. The molecule has 6 nitrogen and oxygen atoms in total. The Morgan fingerprint density at radius 2 is 1.49 bits per heavy atom. The first-order valence-corrected chi connectivity index (χ1v) is 13.6. The van der Waals surface area contributed by atoms with E-state index in [9.17, 15) is 19.1 Å². The largest absolute Gasteiger partial charge is 0.465 e. The van der Waals surface area contributed by atoms with Crippen LogP contribution in [-0.2, 0) is 0 Å². The Kier molecular flexibility index (Phi) is 9.19. The highest BCUT2D eigenvalue weighted by Crippen LogP contribution is 2.33. The van der Waals surface area contributed by atoms with Crippen LogP contribution in [0.3, 0.4) is 0 Å². The van der Waals surface area contributed by atoms with Gasteiger partial charge in [0.25, 0.3) is 5.91 Å². The number of carbonyl (C=O) groups excluding carboxylic acids is 1. The van der Waals surface area contributed by atoms with Crippen LogP contribution in [0.25, 0.3) is 0 Å². The Balaban J connectivity index is 0.000000572. The number of halogens is 1. The monoisotopic (exact) mass is 509 g/mol. The summed E-state index contributed by atoms with van der Waals surface area (Å²) in [4.78, 5) is 28.6. The average Bonchev–Trinajstić information content (AvgIpc) is 3.61. The molecule has 37 heavy (non-hydrogen) atoms. The molecule has 3 atom stereocenters. The molecule has 2 aliphatic heterocycles. The van der Waals surface area contributed by atoms with Crippen LogP contribution in [0.1, 0.15) is 71.6 Å². The zero-order chi connectivity index (χ0) is 26.4. The van der Waals surface area contributed by atoms with Crippen LogP contribution in [0.15, 0.2) is 42.5 Å². The smallest absolute Gasteiger partial charge is 0.405 e. The van der Waals surface area contributed by atoms with Crippen molar-refractivity contribution in [3.05, 3.63) is 70.5 Å². The number of amides is 2. The van der Waals surface area contributed by atoms with Gasteiger partial charge in [0.05, 0.1) is 6.04 Å². The molecule has 3 aliphatic rings. The lowest BCUT2D eigenvalue weighted by atomic mass is 10.0. The number of carbonyl (C=O) groups is 2. The third-order valence-corrected chi connectivity index (χ3v) is 8.04. The molecule has 3 fully saturated rings. The van der Waals surface area contributed by atoms with Gasteiger partial charge in [-0.05, 0) is 60.9 Å². The number of aryl methyl sites for hydroxylation is 2. The summed E-state index contributed by atoms with van der Waals surface area (Å²) in [7, 11) is 0. The van der Waals surface area contributed by atoms with Crippen molar-refractivity contribution in [1.29, 1.82) is 0 Å². The zero-order valence-corrected chi connectivity index (χ0v) is 22.1. The lowest BCUT2D eigenvalue weighted by Gasteiger charge is -2.25. The molecule has 1 aliphatic carbocycles. The Morgan fingerprint density at radius 3 is 2.00 bits per heavy atom. The van der Waals surface area contributed by atoms with Gasteiger partial charge in [-0.15, -0.1) is 0 Å². The number of carboxylic acid groups (broad SMARTS) is 1. The second-order valence-electron chi connectivity index (χ2n) is 10.9. The fraction of sp³-hybridized carbons (Fsp3) is 0.533. The normalized spacial score (nSPS) is 21.8.